The van der Waals surface area contributed by atoms with E-state index in [1.165, 1.54) is 17.3 Å². The maximum absolute atomic E-state index is 13.8. The third-order valence-electron chi connectivity index (χ3n) is 5.73. The van der Waals surface area contributed by atoms with Crippen LogP contribution in [0.2, 0.25) is 0 Å². The van der Waals surface area contributed by atoms with Gasteiger partial charge in [0.1, 0.15) is 15.7 Å². The van der Waals surface area contributed by atoms with Crippen LogP contribution in [0, 0.1) is 0 Å². The van der Waals surface area contributed by atoms with E-state index in [1.807, 2.05) is 65.6 Å². The van der Waals surface area contributed by atoms with Crippen LogP contribution in [0.15, 0.2) is 98.7 Å². The van der Waals surface area contributed by atoms with E-state index in [-0.39, 0.29) is 5.91 Å². The third kappa shape index (κ3) is 4.45. The quantitative estimate of drug-likeness (QED) is 0.382. The molecule has 0 saturated carbocycles. The van der Waals surface area contributed by atoms with Gasteiger partial charge in [-0.15, -0.1) is 0 Å². The minimum absolute atomic E-state index is 0.0105. The number of methoxy groups -OCH3 is 1. The highest BCUT2D eigenvalue weighted by atomic mass is 32.2. The van der Waals surface area contributed by atoms with E-state index in [9.17, 15) is 4.79 Å². The molecule has 3 aromatic rings. The van der Waals surface area contributed by atoms with Crippen LogP contribution in [0.5, 0.6) is 5.75 Å². The van der Waals surface area contributed by atoms with Gasteiger partial charge in [0.05, 0.1) is 18.5 Å². The van der Waals surface area contributed by atoms with Crippen molar-refractivity contribution < 1.29 is 9.53 Å². The molecule has 0 unspecified atom stereocenters. The molecule has 172 valence electrons. The van der Waals surface area contributed by atoms with E-state index >= 15 is 0 Å². The Bertz CT molecular complexity index is 1260. The van der Waals surface area contributed by atoms with Gasteiger partial charge in [-0.3, -0.25) is 9.69 Å². The summed E-state index contributed by atoms with van der Waals surface area (Å²) in [5.41, 5.74) is 3.12. The Balaban J connectivity index is 1.51. The third-order valence-corrected chi connectivity index (χ3v) is 8.11. The zero-order valence-electron chi connectivity index (χ0n) is 19.1. The largest absolute Gasteiger partial charge is 0.497 e. The number of aliphatic imine (C=N–C) groups is 1. The normalized spacial score (nSPS) is 18.6. The number of hydrogen-bond donors (Lipinski definition) is 0. The summed E-state index contributed by atoms with van der Waals surface area (Å²) in [6.45, 7) is 3.44. The first-order valence-electron chi connectivity index (χ1n) is 11.2. The van der Waals surface area contributed by atoms with Crippen molar-refractivity contribution in [1.29, 1.82) is 0 Å². The summed E-state index contributed by atoms with van der Waals surface area (Å²) in [5, 5.41) is 1.68. The van der Waals surface area contributed by atoms with Gasteiger partial charge in [0.2, 0.25) is 0 Å². The minimum atomic E-state index is 0.0105. The lowest BCUT2D eigenvalue weighted by molar-refractivity contribution is -0.122. The van der Waals surface area contributed by atoms with E-state index in [0.29, 0.717) is 6.54 Å². The number of ether oxygens (including phenoxy) is 1. The Labute approximate surface area is 208 Å². The van der Waals surface area contributed by atoms with Crippen LogP contribution in [0.3, 0.4) is 0 Å². The zero-order chi connectivity index (χ0) is 23.5. The Morgan fingerprint density at radius 2 is 1.65 bits per heavy atom. The average molecular weight is 488 g/mol. The highest BCUT2D eigenvalue weighted by Gasteiger charge is 2.39. The van der Waals surface area contributed by atoms with Crippen LogP contribution in [0.25, 0.3) is 0 Å². The number of rotatable bonds is 6. The molecule has 2 aliphatic heterocycles. The van der Waals surface area contributed by atoms with Crippen LogP contribution in [0.4, 0.5) is 11.4 Å². The molecule has 2 aliphatic rings. The fourth-order valence-electron chi connectivity index (χ4n) is 3.99. The van der Waals surface area contributed by atoms with Gasteiger partial charge in [-0.1, -0.05) is 60.3 Å². The first-order chi connectivity index (χ1) is 16.7. The Morgan fingerprint density at radius 1 is 0.912 bits per heavy atom. The van der Waals surface area contributed by atoms with Gasteiger partial charge >= 0.3 is 0 Å². The molecule has 0 radical (unpaired) electrons. The van der Waals surface area contributed by atoms with Crippen molar-refractivity contribution in [2.24, 2.45) is 4.99 Å². The molecule has 5 nitrogen and oxygen atoms in total. The molecule has 0 bridgehead atoms. The molecular formula is C27H25N3O2S2. The Kier molecular flexibility index (Phi) is 6.65. The molecule has 7 heteroatoms. The summed E-state index contributed by atoms with van der Waals surface area (Å²) in [6, 6.07) is 26.1. The van der Waals surface area contributed by atoms with Crippen molar-refractivity contribution in [3.8, 4) is 5.75 Å². The molecule has 34 heavy (non-hydrogen) atoms. The van der Waals surface area contributed by atoms with Crippen molar-refractivity contribution in [3.63, 3.8) is 0 Å². The number of thioether (sulfide) groups is 2. The predicted molar refractivity (Wildman–Crippen MR) is 142 cm³/mol. The van der Waals surface area contributed by atoms with Crippen LogP contribution >= 0.6 is 23.5 Å². The number of fused-ring (bicyclic) bond motifs is 1. The second-order valence-corrected chi connectivity index (χ2v) is 9.85. The molecule has 1 fully saturated rings. The number of nitrogens with zero attached hydrogens (tertiary/aromatic N) is 3. The summed E-state index contributed by atoms with van der Waals surface area (Å²) in [6.07, 6.45) is 0.769. The van der Waals surface area contributed by atoms with Gasteiger partial charge in [-0.2, -0.15) is 0 Å². The SMILES string of the molecule is CCN1/C(=C2/SC(=Nc3ccccc3)N(CCc3ccccc3)C2=O)Sc2ccc(OC)cc21. The highest BCUT2D eigenvalue weighted by molar-refractivity contribution is 8.19. The average Bonchev–Trinajstić information content (AvgIpc) is 3.39. The van der Waals surface area contributed by atoms with E-state index in [1.54, 1.807) is 18.9 Å². The second kappa shape index (κ2) is 9.99. The molecule has 2 heterocycles. The van der Waals surface area contributed by atoms with Crippen LogP contribution in [-0.2, 0) is 11.2 Å². The zero-order valence-corrected chi connectivity index (χ0v) is 20.7. The summed E-state index contributed by atoms with van der Waals surface area (Å²) in [7, 11) is 1.67. The van der Waals surface area contributed by atoms with Gasteiger partial charge in [-0.05, 0) is 54.9 Å². The molecule has 0 aliphatic carbocycles. The maximum atomic E-state index is 13.8. The van der Waals surface area contributed by atoms with Gasteiger partial charge in [0, 0.05) is 24.1 Å². The van der Waals surface area contributed by atoms with E-state index in [0.717, 1.165) is 50.1 Å². The van der Waals surface area contributed by atoms with Gasteiger partial charge in [0.25, 0.3) is 5.91 Å². The number of carbonyl (C=O) groups is 1. The highest BCUT2D eigenvalue weighted by Crippen LogP contribution is 2.51. The summed E-state index contributed by atoms with van der Waals surface area (Å²) < 4.78 is 5.44. The number of hydrogen-bond acceptors (Lipinski definition) is 6. The summed E-state index contributed by atoms with van der Waals surface area (Å²) >= 11 is 3.11. The van der Waals surface area contributed by atoms with Crippen molar-refractivity contribution >= 4 is 46.0 Å². The number of amidine groups is 1. The molecule has 0 atom stereocenters. The lowest BCUT2D eigenvalue weighted by Gasteiger charge is -2.19. The monoisotopic (exact) mass is 487 g/mol. The van der Waals surface area contributed by atoms with Gasteiger partial charge in [0.15, 0.2) is 5.17 Å². The molecule has 3 aromatic carbocycles. The molecule has 1 saturated heterocycles. The van der Waals surface area contributed by atoms with Crippen molar-refractivity contribution in [2.45, 2.75) is 18.2 Å². The molecule has 0 spiro atoms. The van der Waals surface area contributed by atoms with Crippen LogP contribution in [-0.4, -0.2) is 36.2 Å². The molecule has 0 aromatic heterocycles. The molecule has 0 N–H and O–H groups in total. The predicted octanol–water partition coefficient (Wildman–Crippen LogP) is 6.30. The fraction of sp³-hybridized carbons (Fsp3) is 0.185. The Hall–Kier alpha value is -3.16. The molecule has 1 amide bonds. The first-order valence-corrected chi connectivity index (χ1v) is 12.9. The van der Waals surface area contributed by atoms with Crippen molar-refractivity contribution in [1.82, 2.24) is 4.90 Å². The van der Waals surface area contributed by atoms with Crippen LogP contribution < -0.4 is 9.64 Å². The van der Waals surface area contributed by atoms with Crippen molar-refractivity contribution in [3.05, 3.63) is 94.4 Å². The van der Waals surface area contributed by atoms with Crippen molar-refractivity contribution in [2.75, 3.05) is 25.1 Å². The van der Waals surface area contributed by atoms with Gasteiger partial charge in [-0.25, -0.2) is 4.99 Å². The van der Waals surface area contributed by atoms with E-state index in [2.05, 4.69) is 30.0 Å². The van der Waals surface area contributed by atoms with E-state index in [4.69, 9.17) is 9.73 Å². The standard InChI is InChI=1S/C27H25N3O2S2/c1-3-29-22-18-21(32-2)14-15-23(22)33-26(29)24-25(31)30(17-16-19-10-6-4-7-11-19)27(34-24)28-20-12-8-5-9-13-20/h4-15,18H,3,16-17H2,1-2H3/b26-24-,28-27?. The van der Waals surface area contributed by atoms with Gasteiger partial charge < -0.3 is 9.64 Å². The fourth-order valence-corrected chi connectivity index (χ4v) is 6.39. The second-order valence-electron chi connectivity index (χ2n) is 7.84. The smallest absolute Gasteiger partial charge is 0.269 e. The van der Waals surface area contributed by atoms with Crippen LogP contribution in [0.1, 0.15) is 12.5 Å². The minimum Gasteiger partial charge on any atom is -0.497 e. The number of anilines is 1. The number of amides is 1. The topological polar surface area (TPSA) is 45.1 Å². The first kappa shape index (κ1) is 22.6. The Morgan fingerprint density at radius 3 is 2.35 bits per heavy atom. The number of carbonyl (C=O) groups excluding carboxylic acids is 1. The number of benzene rings is 3. The summed E-state index contributed by atoms with van der Waals surface area (Å²) in [5.74, 6) is 0.821. The lowest BCUT2D eigenvalue weighted by Crippen LogP contribution is -2.32. The molecule has 5 rings (SSSR count). The number of para-hydroxylation sites is 1. The summed E-state index contributed by atoms with van der Waals surface area (Å²) in [4.78, 5) is 24.5. The maximum Gasteiger partial charge on any atom is 0.269 e. The molecular weight excluding hydrogens is 462 g/mol. The lowest BCUT2D eigenvalue weighted by atomic mass is 10.1. The van der Waals surface area contributed by atoms with E-state index < -0.39 is 0 Å².